The zero-order valence-electron chi connectivity index (χ0n) is 17.2. The molecular formula is C22H26N2O6S. The summed E-state index contributed by atoms with van der Waals surface area (Å²) in [5.74, 6) is -0.314. The highest BCUT2D eigenvalue weighted by molar-refractivity contribution is 7.89. The Morgan fingerprint density at radius 2 is 1.74 bits per heavy atom. The van der Waals surface area contributed by atoms with E-state index in [2.05, 4.69) is 5.32 Å². The van der Waals surface area contributed by atoms with Crippen molar-refractivity contribution in [2.75, 3.05) is 31.6 Å². The zero-order chi connectivity index (χ0) is 22.1. The molecule has 1 saturated heterocycles. The summed E-state index contributed by atoms with van der Waals surface area (Å²) in [7, 11) is -3.57. The molecule has 3 rings (SSSR count). The molecule has 2 aromatic carbocycles. The Balaban J connectivity index is 1.40. The topological polar surface area (TPSA) is 102 Å². The number of para-hydroxylation sites is 1. The van der Waals surface area contributed by atoms with Gasteiger partial charge in [0.25, 0.3) is 5.91 Å². The van der Waals surface area contributed by atoms with E-state index in [1.54, 1.807) is 12.1 Å². The highest BCUT2D eigenvalue weighted by atomic mass is 32.2. The monoisotopic (exact) mass is 446 g/mol. The minimum atomic E-state index is -3.57. The first-order valence-electron chi connectivity index (χ1n) is 10.2. The van der Waals surface area contributed by atoms with Gasteiger partial charge in [-0.2, -0.15) is 4.31 Å². The predicted molar refractivity (Wildman–Crippen MR) is 115 cm³/mol. The number of sulfonamides is 1. The van der Waals surface area contributed by atoms with Gasteiger partial charge in [0.15, 0.2) is 6.61 Å². The fourth-order valence-electron chi connectivity index (χ4n) is 3.15. The van der Waals surface area contributed by atoms with Crippen molar-refractivity contribution in [1.82, 2.24) is 4.31 Å². The van der Waals surface area contributed by atoms with Crippen molar-refractivity contribution in [3.63, 3.8) is 0 Å². The van der Waals surface area contributed by atoms with Crippen LogP contribution in [0.5, 0.6) is 5.75 Å². The highest BCUT2D eigenvalue weighted by Gasteiger charge is 2.27. The van der Waals surface area contributed by atoms with Gasteiger partial charge < -0.3 is 14.8 Å². The molecule has 0 saturated carbocycles. The van der Waals surface area contributed by atoms with Crippen LogP contribution in [0.25, 0.3) is 0 Å². The number of rotatable bonds is 10. The van der Waals surface area contributed by atoms with Crippen LogP contribution in [0, 0.1) is 0 Å². The Bertz CT molecular complexity index is 988. The number of amides is 1. The standard InChI is InChI=1S/C22H26N2O6S/c25-21(17-30-22(26)12-7-15-29-19-9-2-1-3-10-19)23-18-8-6-11-20(16-18)31(27,28)24-13-4-5-14-24/h1-3,6,8-11,16H,4-5,7,12-15,17H2,(H,23,25). The summed E-state index contributed by atoms with van der Waals surface area (Å²) in [5.41, 5.74) is 0.331. The molecule has 1 N–H and O–H groups in total. The molecule has 1 aliphatic rings. The van der Waals surface area contributed by atoms with Gasteiger partial charge in [-0.25, -0.2) is 8.42 Å². The SMILES string of the molecule is O=C(COC(=O)CCCOc1ccccc1)Nc1cccc(S(=O)(=O)N2CCCC2)c1. The third-order valence-electron chi connectivity index (χ3n) is 4.72. The predicted octanol–water partition coefficient (Wildman–Crippen LogP) is 2.81. The zero-order valence-corrected chi connectivity index (χ0v) is 18.0. The average Bonchev–Trinajstić information content (AvgIpc) is 3.32. The number of hydrogen-bond acceptors (Lipinski definition) is 6. The minimum Gasteiger partial charge on any atom is -0.494 e. The molecule has 0 bridgehead atoms. The lowest BCUT2D eigenvalue weighted by Gasteiger charge is -2.16. The summed E-state index contributed by atoms with van der Waals surface area (Å²) >= 11 is 0. The number of carbonyl (C=O) groups excluding carboxylic acids is 2. The second-order valence-corrected chi connectivity index (χ2v) is 9.05. The maximum absolute atomic E-state index is 12.6. The minimum absolute atomic E-state index is 0.127. The van der Waals surface area contributed by atoms with Gasteiger partial charge in [0.05, 0.1) is 11.5 Å². The van der Waals surface area contributed by atoms with Crippen molar-refractivity contribution in [1.29, 1.82) is 0 Å². The number of anilines is 1. The average molecular weight is 447 g/mol. The van der Waals surface area contributed by atoms with Gasteiger partial charge in [-0.15, -0.1) is 0 Å². The van der Waals surface area contributed by atoms with Crippen molar-refractivity contribution in [2.24, 2.45) is 0 Å². The molecule has 1 amide bonds. The fourth-order valence-corrected chi connectivity index (χ4v) is 4.71. The van der Waals surface area contributed by atoms with E-state index in [0.29, 0.717) is 31.8 Å². The number of ether oxygens (including phenoxy) is 2. The number of nitrogens with zero attached hydrogens (tertiary/aromatic N) is 1. The second kappa shape index (κ2) is 10.9. The maximum atomic E-state index is 12.6. The number of esters is 1. The summed E-state index contributed by atoms with van der Waals surface area (Å²) in [6.45, 7) is 0.932. The summed E-state index contributed by atoms with van der Waals surface area (Å²) < 4.78 is 37.2. The number of benzene rings is 2. The van der Waals surface area contributed by atoms with E-state index in [-0.39, 0.29) is 11.3 Å². The third kappa shape index (κ3) is 6.80. The van der Waals surface area contributed by atoms with Crippen LogP contribution in [-0.2, 0) is 24.3 Å². The molecule has 166 valence electrons. The van der Waals surface area contributed by atoms with Crippen LogP contribution in [0.1, 0.15) is 25.7 Å². The molecule has 1 fully saturated rings. The summed E-state index contributed by atoms with van der Waals surface area (Å²) in [5, 5.41) is 2.57. The van der Waals surface area contributed by atoms with Crippen LogP contribution in [-0.4, -0.2) is 50.9 Å². The summed E-state index contributed by atoms with van der Waals surface area (Å²) in [4.78, 5) is 24.0. The van der Waals surface area contributed by atoms with Crippen LogP contribution in [0.3, 0.4) is 0 Å². The normalized spacial score (nSPS) is 14.2. The Hall–Kier alpha value is -2.91. The lowest BCUT2D eigenvalue weighted by molar-refractivity contribution is -0.147. The molecule has 0 atom stereocenters. The first-order valence-corrected chi connectivity index (χ1v) is 11.6. The molecule has 0 unspecified atom stereocenters. The van der Waals surface area contributed by atoms with Gasteiger partial charge in [0.2, 0.25) is 10.0 Å². The lowest BCUT2D eigenvalue weighted by Crippen LogP contribution is -2.28. The lowest BCUT2D eigenvalue weighted by atomic mass is 10.3. The van der Waals surface area contributed by atoms with Gasteiger partial charge in [-0.3, -0.25) is 9.59 Å². The molecular weight excluding hydrogens is 420 g/mol. The fraction of sp³-hybridized carbons (Fsp3) is 0.364. The smallest absolute Gasteiger partial charge is 0.306 e. The van der Waals surface area contributed by atoms with Crippen molar-refractivity contribution < 1.29 is 27.5 Å². The van der Waals surface area contributed by atoms with Gasteiger partial charge in [-0.1, -0.05) is 24.3 Å². The van der Waals surface area contributed by atoms with Crippen molar-refractivity contribution in [2.45, 2.75) is 30.6 Å². The van der Waals surface area contributed by atoms with E-state index in [4.69, 9.17) is 9.47 Å². The Morgan fingerprint density at radius 1 is 1.00 bits per heavy atom. The van der Waals surface area contributed by atoms with Gasteiger partial charge in [-0.05, 0) is 49.6 Å². The van der Waals surface area contributed by atoms with E-state index in [0.717, 1.165) is 18.6 Å². The van der Waals surface area contributed by atoms with Crippen molar-refractivity contribution in [3.8, 4) is 5.75 Å². The quantitative estimate of drug-likeness (QED) is 0.445. The van der Waals surface area contributed by atoms with E-state index >= 15 is 0 Å². The molecule has 0 aromatic heterocycles. The van der Waals surface area contributed by atoms with E-state index in [9.17, 15) is 18.0 Å². The second-order valence-electron chi connectivity index (χ2n) is 7.11. The van der Waals surface area contributed by atoms with Gasteiger partial charge >= 0.3 is 5.97 Å². The molecule has 1 heterocycles. The molecule has 31 heavy (non-hydrogen) atoms. The van der Waals surface area contributed by atoms with Crippen LogP contribution >= 0.6 is 0 Å². The van der Waals surface area contributed by atoms with Crippen LogP contribution in [0.2, 0.25) is 0 Å². The third-order valence-corrected chi connectivity index (χ3v) is 6.62. The number of carbonyl (C=O) groups is 2. The van der Waals surface area contributed by atoms with Crippen LogP contribution in [0.4, 0.5) is 5.69 Å². The summed E-state index contributed by atoms with van der Waals surface area (Å²) in [6.07, 6.45) is 2.29. The molecule has 0 radical (unpaired) electrons. The van der Waals surface area contributed by atoms with Gasteiger partial charge in [0.1, 0.15) is 5.75 Å². The first kappa shape index (κ1) is 22.8. The largest absolute Gasteiger partial charge is 0.494 e. The van der Waals surface area contributed by atoms with Crippen molar-refractivity contribution in [3.05, 3.63) is 54.6 Å². The Kier molecular flexibility index (Phi) is 8.02. The molecule has 0 aliphatic carbocycles. The van der Waals surface area contributed by atoms with E-state index < -0.39 is 28.5 Å². The van der Waals surface area contributed by atoms with Crippen LogP contribution < -0.4 is 10.1 Å². The molecule has 2 aromatic rings. The molecule has 1 aliphatic heterocycles. The first-order chi connectivity index (χ1) is 14.9. The van der Waals surface area contributed by atoms with Crippen molar-refractivity contribution >= 4 is 27.6 Å². The van der Waals surface area contributed by atoms with Crippen LogP contribution in [0.15, 0.2) is 59.5 Å². The molecule has 8 nitrogen and oxygen atoms in total. The Morgan fingerprint density at radius 3 is 2.48 bits per heavy atom. The summed E-state index contributed by atoms with van der Waals surface area (Å²) in [6, 6.07) is 15.3. The Labute approximate surface area is 182 Å². The molecule has 9 heteroatoms. The van der Waals surface area contributed by atoms with E-state index in [1.165, 1.54) is 16.4 Å². The number of nitrogens with one attached hydrogen (secondary N) is 1. The van der Waals surface area contributed by atoms with Gasteiger partial charge in [0, 0.05) is 25.2 Å². The molecule has 0 spiro atoms. The highest BCUT2D eigenvalue weighted by Crippen LogP contribution is 2.23. The maximum Gasteiger partial charge on any atom is 0.306 e. The number of hydrogen-bond donors (Lipinski definition) is 1. The van der Waals surface area contributed by atoms with E-state index in [1.807, 2.05) is 30.3 Å².